The van der Waals surface area contributed by atoms with Gasteiger partial charge in [0.1, 0.15) is 23.8 Å². The molecule has 0 amide bonds. The van der Waals surface area contributed by atoms with E-state index in [2.05, 4.69) is 25.4 Å². The van der Waals surface area contributed by atoms with E-state index in [4.69, 9.17) is 0 Å². The Morgan fingerprint density at radius 3 is 2.12 bits per heavy atom. The maximum absolute atomic E-state index is 13.3. The monoisotopic (exact) mass is 485 g/mol. The van der Waals surface area contributed by atoms with Crippen LogP contribution in [0.2, 0.25) is 0 Å². The molecule has 1 heterocycles. The zero-order valence-corrected chi connectivity index (χ0v) is 17.5. The van der Waals surface area contributed by atoms with Crippen molar-refractivity contribution in [2.24, 2.45) is 0 Å². The molecule has 3 rings (SSSR count). The molecular formula is C19H15F4N5O4S. The highest BCUT2D eigenvalue weighted by atomic mass is 32.2. The van der Waals surface area contributed by atoms with Gasteiger partial charge in [-0.15, -0.1) is 0 Å². The average Bonchev–Trinajstić information content (AvgIpc) is 2.73. The third-order valence-electron chi connectivity index (χ3n) is 3.95. The van der Waals surface area contributed by atoms with Crippen LogP contribution in [0.5, 0.6) is 0 Å². The van der Waals surface area contributed by atoms with Crippen molar-refractivity contribution >= 4 is 39.0 Å². The molecule has 2 N–H and O–H groups in total. The van der Waals surface area contributed by atoms with E-state index >= 15 is 0 Å². The second kappa shape index (κ2) is 9.38. The van der Waals surface area contributed by atoms with E-state index < -0.39 is 32.9 Å². The fourth-order valence-electron chi connectivity index (χ4n) is 2.46. The molecule has 0 bridgehead atoms. The number of hydrogen-bond acceptors (Lipinski definition) is 8. The van der Waals surface area contributed by atoms with Crippen molar-refractivity contribution in [3.05, 3.63) is 66.7 Å². The Kier molecular flexibility index (Phi) is 6.78. The minimum absolute atomic E-state index is 0.173. The highest BCUT2D eigenvalue weighted by molar-refractivity contribution is 7.89. The van der Waals surface area contributed by atoms with E-state index in [9.17, 15) is 30.8 Å². The number of hydroxylamine groups is 1. The average molecular weight is 485 g/mol. The normalized spacial score (nSPS) is 11.8. The molecule has 0 aliphatic rings. The number of hydrogen-bond donors (Lipinski definition) is 2. The SMILES string of the molecule is CN(OC(=O)C(F)(F)F)S(=O)(=O)c1cccc(Nc2cc(Nc3cccc(F)c3)ncn2)c1. The molecule has 0 fully saturated rings. The van der Waals surface area contributed by atoms with Gasteiger partial charge in [0.2, 0.25) is 0 Å². The number of halogens is 4. The number of benzene rings is 2. The number of carbonyl (C=O) groups is 1. The van der Waals surface area contributed by atoms with E-state index in [1.54, 1.807) is 6.07 Å². The number of aromatic nitrogens is 2. The summed E-state index contributed by atoms with van der Waals surface area (Å²) in [6, 6.07) is 12.1. The molecule has 0 saturated carbocycles. The Bertz CT molecular complexity index is 1270. The Morgan fingerprint density at radius 1 is 0.970 bits per heavy atom. The zero-order chi connectivity index (χ0) is 24.2. The van der Waals surface area contributed by atoms with Crippen LogP contribution in [0.1, 0.15) is 0 Å². The van der Waals surface area contributed by atoms with Gasteiger partial charge in [0.05, 0.1) is 4.90 Å². The lowest BCUT2D eigenvalue weighted by molar-refractivity contribution is -0.219. The molecule has 0 saturated heterocycles. The first-order valence-electron chi connectivity index (χ1n) is 8.95. The summed E-state index contributed by atoms with van der Waals surface area (Å²) in [4.78, 5) is 22.4. The van der Waals surface area contributed by atoms with E-state index in [0.29, 0.717) is 18.6 Å². The zero-order valence-electron chi connectivity index (χ0n) is 16.7. The van der Waals surface area contributed by atoms with Crippen molar-refractivity contribution in [3.8, 4) is 0 Å². The Balaban J connectivity index is 1.77. The fourth-order valence-corrected chi connectivity index (χ4v) is 3.45. The first kappa shape index (κ1) is 23.9. The number of rotatable bonds is 7. The minimum atomic E-state index is -5.36. The molecular weight excluding hydrogens is 470 g/mol. The van der Waals surface area contributed by atoms with Gasteiger partial charge in [0.15, 0.2) is 0 Å². The maximum Gasteiger partial charge on any atom is 0.492 e. The van der Waals surface area contributed by atoms with Gasteiger partial charge < -0.3 is 15.5 Å². The van der Waals surface area contributed by atoms with Crippen LogP contribution in [0.4, 0.5) is 40.6 Å². The first-order valence-corrected chi connectivity index (χ1v) is 10.4. The third kappa shape index (κ3) is 6.14. The third-order valence-corrected chi connectivity index (χ3v) is 5.55. The van der Waals surface area contributed by atoms with E-state index in [-0.39, 0.29) is 16.0 Å². The number of sulfonamides is 1. The molecule has 0 aliphatic heterocycles. The predicted octanol–water partition coefficient (Wildman–Crippen LogP) is 3.74. The van der Waals surface area contributed by atoms with Gasteiger partial charge in [0, 0.05) is 24.5 Å². The van der Waals surface area contributed by atoms with Crippen molar-refractivity contribution in [1.82, 2.24) is 14.4 Å². The summed E-state index contributed by atoms with van der Waals surface area (Å²) in [5.74, 6) is -2.59. The molecule has 3 aromatic rings. The van der Waals surface area contributed by atoms with E-state index in [1.165, 1.54) is 42.7 Å². The van der Waals surface area contributed by atoms with Crippen molar-refractivity contribution < 1.29 is 35.6 Å². The molecule has 9 nitrogen and oxygen atoms in total. The van der Waals surface area contributed by atoms with Crippen LogP contribution in [0.25, 0.3) is 0 Å². The fraction of sp³-hybridized carbons (Fsp3) is 0.105. The van der Waals surface area contributed by atoms with Gasteiger partial charge in [-0.25, -0.2) is 27.6 Å². The van der Waals surface area contributed by atoms with Gasteiger partial charge in [-0.3, -0.25) is 0 Å². The summed E-state index contributed by atoms with van der Waals surface area (Å²) in [7, 11) is -3.93. The van der Waals surface area contributed by atoms with Crippen molar-refractivity contribution in [2.75, 3.05) is 17.7 Å². The summed E-state index contributed by atoms with van der Waals surface area (Å²) in [5, 5.41) is 5.70. The van der Waals surface area contributed by atoms with Gasteiger partial charge in [-0.05, 0) is 40.9 Å². The van der Waals surface area contributed by atoms with Crippen molar-refractivity contribution in [3.63, 3.8) is 0 Å². The second-order valence-corrected chi connectivity index (χ2v) is 8.30. The molecule has 0 radical (unpaired) electrons. The molecule has 33 heavy (non-hydrogen) atoms. The maximum atomic E-state index is 13.3. The van der Waals surface area contributed by atoms with Gasteiger partial charge in [-0.1, -0.05) is 12.1 Å². The van der Waals surface area contributed by atoms with Crippen LogP contribution >= 0.6 is 0 Å². The van der Waals surface area contributed by atoms with Crippen LogP contribution < -0.4 is 10.6 Å². The molecule has 14 heteroatoms. The summed E-state index contributed by atoms with van der Waals surface area (Å²) in [6.45, 7) is 0. The Labute approximate surface area is 185 Å². The standard InChI is InChI=1S/C19H15F4N5O4S/c1-28(32-18(29)19(21,22)23)33(30,31)15-7-3-6-14(9-15)27-17-10-16(24-11-25-17)26-13-5-2-4-12(20)8-13/h2-11H,1H3,(H2,24,25,26,27). The van der Waals surface area contributed by atoms with Crippen LogP contribution in [0.3, 0.4) is 0 Å². The smallest absolute Gasteiger partial charge is 0.345 e. The molecule has 174 valence electrons. The van der Waals surface area contributed by atoms with Gasteiger partial charge >= 0.3 is 12.1 Å². The second-order valence-electron chi connectivity index (χ2n) is 6.37. The first-order chi connectivity index (χ1) is 15.4. The van der Waals surface area contributed by atoms with Crippen LogP contribution in [-0.2, 0) is 19.7 Å². The number of carbonyl (C=O) groups excluding carboxylic acids is 1. The topological polar surface area (TPSA) is 114 Å². The number of alkyl halides is 3. The van der Waals surface area contributed by atoms with Crippen LogP contribution in [0.15, 0.2) is 65.8 Å². The number of nitrogens with zero attached hydrogens (tertiary/aromatic N) is 3. The Hall–Kier alpha value is -3.78. The highest BCUT2D eigenvalue weighted by Crippen LogP contribution is 2.24. The number of nitrogens with one attached hydrogen (secondary N) is 2. The van der Waals surface area contributed by atoms with Crippen molar-refractivity contribution in [2.45, 2.75) is 11.1 Å². The summed E-state index contributed by atoms with van der Waals surface area (Å²) < 4.78 is 75.2. The number of anilines is 4. The lowest BCUT2D eigenvalue weighted by Gasteiger charge is -2.17. The molecule has 0 spiro atoms. The van der Waals surface area contributed by atoms with Crippen LogP contribution in [-0.4, -0.2) is 42.0 Å². The minimum Gasteiger partial charge on any atom is -0.345 e. The lowest BCUT2D eigenvalue weighted by Crippen LogP contribution is -2.36. The molecule has 2 aromatic carbocycles. The quantitative estimate of drug-likeness (QED) is 0.384. The van der Waals surface area contributed by atoms with Gasteiger partial charge in [0.25, 0.3) is 10.0 Å². The largest absolute Gasteiger partial charge is 0.492 e. The van der Waals surface area contributed by atoms with Gasteiger partial charge in [-0.2, -0.15) is 13.2 Å². The molecule has 0 atom stereocenters. The van der Waals surface area contributed by atoms with Crippen LogP contribution in [0, 0.1) is 5.82 Å². The Morgan fingerprint density at radius 2 is 1.55 bits per heavy atom. The van der Waals surface area contributed by atoms with E-state index in [0.717, 1.165) is 12.1 Å². The molecule has 0 unspecified atom stereocenters. The lowest BCUT2D eigenvalue weighted by atomic mass is 10.3. The predicted molar refractivity (Wildman–Crippen MR) is 109 cm³/mol. The molecule has 1 aromatic heterocycles. The van der Waals surface area contributed by atoms with E-state index in [1.807, 2.05) is 0 Å². The summed E-state index contributed by atoms with van der Waals surface area (Å²) in [6.07, 6.45) is -4.16. The molecule has 0 aliphatic carbocycles. The summed E-state index contributed by atoms with van der Waals surface area (Å²) in [5.41, 5.74) is 0.645. The van der Waals surface area contributed by atoms with Crippen molar-refractivity contribution in [1.29, 1.82) is 0 Å². The summed E-state index contributed by atoms with van der Waals surface area (Å²) >= 11 is 0. The highest BCUT2D eigenvalue weighted by Gasteiger charge is 2.43.